The van der Waals surface area contributed by atoms with Gasteiger partial charge in [0.05, 0.1) is 17.8 Å². The highest BCUT2D eigenvalue weighted by molar-refractivity contribution is 14.1. The fourth-order valence-corrected chi connectivity index (χ4v) is 2.01. The Morgan fingerprint density at radius 2 is 2.29 bits per heavy atom. The molecule has 1 N–H and O–H groups in total. The highest BCUT2D eigenvalue weighted by atomic mass is 127. The molecule has 17 heavy (non-hydrogen) atoms. The molecule has 92 valence electrons. The van der Waals surface area contributed by atoms with E-state index >= 15 is 0 Å². The van der Waals surface area contributed by atoms with Crippen molar-refractivity contribution in [2.24, 2.45) is 0 Å². The van der Waals surface area contributed by atoms with Crippen LogP contribution in [0, 0.1) is 10.5 Å². The summed E-state index contributed by atoms with van der Waals surface area (Å²) in [7, 11) is 1.65. The van der Waals surface area contributed by atoms with Crippen LogP contribution in [0.5, 0.6) is 0 Å². The molecule has 2 rings (SSSR count). The van der Waals surface area contributed by atoms with Gasteiger partial charge in [0.2, 0.25) is 0 Å². The van der Waals surface area contributed by atoms with Gasteiger partial charge in [0.25, 0.3) is 5.91 Å². The number of rotatable bonds is 4. The molecule has 1 heterocycles. The molecule has 0 aromatic carbocycles. The van der Waals surface area contributed by atoms with Gasteiger partial charge in [-0.3, -0.25) is 4.79 Å². The molecule has 1 fully saturated rings. The first-order chi connectivity index (χ1) is 8.06. The van der Waals surface area contributed by atoms with Crippen LogP contribution in [-0.4, -0.2) is 30.1 Å². The third-order valence-electron chi connectivity index (χ3n) is 2.91. The maximum Gasteiger partial charge on any atom is 0.270 e. The van der Waals surface area contributed by atoms with Gasteiger partial charge in [0.1, 0.15) is 5.69 Å². The van der Waals surface area contributed by atoms with Gasteiger partial charge < -0.3 is 10.1 Å². The van der Waals surface area contributed by atoms with Crippen molar-refractivity contribution >= 4 is 28.5 Å². The number of amides is 1. The molecule has 0 spiro atoms. The molecule has 0 radical (unpaired) electrons. The lowest BCUT2D eigenvalue weighted by Gasteiger charge is -2.16. The molecule has 1 aliphatic rings. The maximum atomic E-state index is 12.0. The number of aromatic nitrogens is 1. The molecule has 1 amide bonds. The number of carbonyl (C=O) groups excluding carboxylic acids is 1. The fourth-order valence-electron chi connectivity index (χ4n) is 1.71. The van der Waals surface area contributed by atoms with E-state index in [1.54, 1.807) is 13.2 Å². The highest BCUT2D eigenvalue weighted by Crippen LogP contribution is 2.35. The van der Waals surface area contributed by atoms with Crippen molar-refractivity contribution in [1.29, 1.82) is 0 Å². The van der Waals surface area contributed by atoms with Crippen LogP contribution in [0.1, 0.15) is 29.0 Å². The second kappa shape index (κ2) is 4.89. The number of nitrogens with one attached hydrogen (secondary N) is 1. The number of methoxy groups -OCH3 is 1. The highest BCUT2D eigenvalue weighted by Gasteiger charge is 2.44. The van der Waals surface area contributed by atoms with Crippen molar-refractivity contribution in [3.8, 4) is 0 Å². The zero-order valence-corrected chi connectivity index (χ0v) is 12.1. The summed E-state index contributed by atoms with van der Waals surface area (Å²) in [6.07, 6.45) is 1.96. The van der Waals surface area contributed by atoms with E-state index < -0.39 is 0 Å². The zero-order valence-electron chi connectivity index (χ0n) is 9.92. The Morgan fingerprint density at radius 1 is 1.59 bits per heavy atom. The molecule has 0 atom stereocenters. The van der Waals surface area contributed by atoms with E-state index in [0.29, 0.717) is 12.3 Å². The standard InChI is InChI=1S/C12H15IN2O2/c1-8-9(13)3-4-10(14-8)11(16)15-12(5-6-12)7-17-2/h3-4H,5-7H2,1-2H3,(H,15,16). The van der Waals surface area contributed by atoms with Gasteiger partial charge in [-0.25, -0.2) is 4.98 Å². The Balaban J connectivity index is 2.07. The van der Waals surface area contributed by atoms with Gasteiger partial charge in [-0.2, -0.15) is 0 Å². The van der Waals surface area contributed by atoms with Gasteiger partial charge in [0, 0.05) is 10.7 Å². The molecule has 0 saturated heterocycles. The van der Waals surface area contributed by atoms with Crippen molar-refractivity contribution in [3.63, 3.8) is 0 Å². The van der Waals surface area contributed by atoms with E-state index in [4.69, 9.17) is 4.74 Å². The number of hydrogen-bond acceptors (Lipinski definition) is 3. The first-order valence-electron chi connectivity index (χ1n) is 5.51. The molecule has 1 saturated carbocycles. The van der Waals surface area contributed by atoms with Crippen molar-refractivity contribution < 1.29 is 9.53 Å². The van der Waals surface area contributed by atoms with Crippen LogP contribution < -0.4 is 5.32 Å². The first kappa shape index (κ1) is 12.8. The molecule has 4 nitrogen and oxygen atoms in total. The number of nitrogens with zero attached hydrogens (tertiary/aromatic N) is 1. The van der Waals surface area contributed by atoms with Crippen LogP contribution in [0.3, 0.4) is 0 Å². The van der Waals surface area contributed by atoms with Gasteiger partial charge in [0.15, 0.2) is 0 Å². The SMILES string of the molecule is COCC1(NC(=O)c2ccc(I)c(C)n2)CC1. The predicted octanol–water partition coefficient (Wildman–Crippen LogP) is 1.90. The summed E-state index contributed by atoms with van der Waals surface area (Å²) in [6.45, 7) is 2.47. The molecule has 1 aromatic heterocycles. The summed E-state index contributed by atoms with van der Waals surface area (Å²) in [5.74, 6) is -0.112. The average Bonchev–Trinajstić information content (AvgIpc) is 3.02. The molecular formula is C12H15IN2O2. The average molecular weight is 346 g/mol. The van der Waals surface area contributed by atoms with Crippen molar-refractivity contribution in [1.82, 2.24) is 10.3 Å². The molecule has 1 aliphatic carbocycles. The Morgan fingerprint density at radius 3 is 2.82 bits per heavy atom. The Bertz CT molecular complexity index is 444. The third-order valence-corrected chi connectivity index (χ3v) is 4.05. The van der Waals surface area contributed by atoms with Crippen molar-refractivity contribution in [2.75, 3.05) is 13.7 Å². The van der Waals surface area contributed by atoms with E-state index in [-0.39, 0.29) is 11.4 Å². The minimum Gasteiger partial charge on any atom is -0.382 e. The minimum absolute atomic E-state index is 0.112. The van der Waals surface area contributed by atoms with Crippen LogP contribution in [0.4, 0.5) is 0 Å². The number of halogens is 1. The fraction of sp³-hybridized carbons (Fsp3) is 0.500. The molecule has 5 heteroatoms. The van der Waals surface area contributed by atoms with Gasteiger partial charge >= 0.3 is 0 Å². The van der Waals surface area contributed by atoms with E-state index in [9.17, 15) is 4.79 Å². The summed E-state index contributed by atoms with van der Waals surface area (Å²) in [6, 6.07) is 3.67. The zero-order chi connectivity index (χ0) is 12.5. The van der Waals surface area contributed by atoms with E-state index in [1.807, 2.05) is 13.0 Å². The minimum atomic E-state index is -0.148. The van der Waals surface area contributed by atoms with Crippen LogP contribution in [0.15, 0.2) is 12.1 Å². The topological polar surface area (TPSA) is 51.2 Å². The second-order valence-corrected chi connectivity index (χ2v) is 5.59. The largest absolute Gasteiger partial charge is 0.382 e. The maximum absolute atomic E-state index is 12.0. The van der Waals surface area contributed by atoms with Crippen LogP contribution in [0.25, 0.3) is 0 Å². The normalized spacial score (nSPS) is 16.6. The van der Waals surface area contributed by atoms with Crippen LogP contribution in [-0.2, 0) is 4.74 Å². The summed E-state index contributed by atoms with van der Waals surface area (Å²) < 4.78 is 6.18. The quantitative estimate of drug-likeness (QED) is 0.848. The molecule has 0 bridgehead atoms. The summed E-state index contributed by atoms with van der Waals surface area (Å²) >= 11 is 2.20. The monoisotopic (exact) mass is 346 g/mol. The van der Waals surface area contributed by atoms with E-state index in [0.717, 1.165) is 22.1 Å². The summed E-state index contributed by atoms with van der Waals surface area (Å²) in [5.41, 5.74) is 1.21. The molecule has 1 aromatic rings. The Hall–Kier alpha value is -0.690. The third kappa shape index (κ3) is 2.95. The summed E-state index contributed by atoms with van der Waals surface area (Å²) in [5, 5.41) is 3.00. The molecular weight excluding hydrogens is 331 g/mol. The number of aryl methyl sites for hydroxylation is 1. The lowest BCUT2D eigenvalue weighted by molar-refractivity contribution is 0.0876. The number of pyridine rings is 1. The van der Waals surface area contributed by atoms with Gasteiger partial charge in [-0.1, -0.05) is 0 Å². The lowest BCUT2D eigenvalue weighted by Crippen LogP contribution is -2.40. The van der Waals surface area contributed by atoms with Crippen LogP contribution >= 0.6 is 22.6 Å². The molecule has 0 unspecified atom stereocenters. The van der Waals surface area contributed by atoms with E-state index in [1.165, 1.54) is 0 Å². The first-order valence-corrected chi connectivity index (χ1v) is 6.59. The molecule has 0 aliphatic heterocycles. The number of hydrogen-bond donors (Lipinski definition) is 1. The lowest BCUT2D eigenvalue weighted by atomic mass is 10.2. The number of carbonyl (C=O) groups is 1. The van der Waals surface area contributed by atoms with E-state index in [2.05, 4.69) is 32.9 Å². The van der Waals surface area contributed by atoms with Crippen LogP contribution in [0.2, 0.25) is 0 Å². The summed E-state index contributed by atoms with van der Waals surface area (Å²) in [4.78, 5) is 16.3. The smallest absolute Gasteiger partial charge is 0.270 e. The van der Waals surface area contributed by atoms with Gasteiger partial charge in [-0.05, 0) is 54.5 Å². The van der Waals surface area contributed by atoms with Gasteiger partial charge in [-0.15, -0.1) is 0 Å². The second-order valence-electron chi connectivity index (χ2n) is 4.43. The Labute approximate surface area is 114 Å². The Kier molecular flexibility index (Phi) is 3.67. The van der Waals surface area contributed by atoms with Crippen molar-refractivity contribution in [3.05, 3.63) is 27.1 Å². The number of ether oxygens (including phenoxy) is 1. The van der Waals surface area contributed by atoms with Crippen molar-refractivity contribution in [2.45, 2.75) is 25.3 Å². The predicted molar refractivity (Wildman–Crippen MR) is 73.0 cm³/mol.